The van der Waals surface area contributed by atoms with Gasteiger partial charge >= 0.3 is 0 Å². The highest BCUT2D eigenvalue weighted by atomic mass is 32.2. The fourth-order valence-corrected chi connectivity index (χ4v) is 5.54. The van der Waals surface area contributed by atoms with Crippen molar-refractivity contribution >= 4 is 28.6 Å². The number of amides is 1. The highest BCUT2D eigenvalue weighted by Gasteiger charge is 2.18. The molecule has 5 aromatic rings. The lowest BCUT2D eigenvalue weighted by Crippen LogP contribution is -2.26. The molecule has 1 aromatic heterocycles. The molecule has 190 valence electrons. The van der Waals surface area contributed by atoms with Crippen molar-refractivity contribution in [3.63, 3.8) is 0 Å². The maximum Gasteiger partial charge on any atom is 0.266 e. The second-order valence-corrected chi connectivity index (χ2v) is 10.5. The standard InChI is InChI=1S/C32H29N3O2S/c1-22-16-23(2)18-27(17-22)35-31(37)28-15-14-26(30(36)34(3)20-24-10-6-4-7-11-24)19-29(28)33-32(35)38-21-25-12-8-5-9-13-25/h4-19H,20-21H2,1-3H3. The highest BCUT2D eigenvalue weighted by molar-refractivity contribution is 7.98. The van der Waals surface area contributed by atoms with Crippen LogP contribution in [0.3, 0.4) is 0 Å². The molecule has 0 aliphatic carbocycles. The van der Waals surface area contributed by atoms with Gasteiger partial charge in [-0.3, -0.25) is 14.2 Å². The van der Waals surface area contributed by atoms with E-state index in [2.05, 4.69) is 18.2 Å². The molecule has 0 fully saturated rings. The van der Waals surface area contributed by atoms with Crippen molar-refractivity contribution in [1.29, 1.82) is 0 Å². The molecule has 0 radical (unpaired) electrons. The van der Waals surface area contributed by atoms with E-state index in [4.69, 9.17) is 4.98 Å². The van der Waals surface area contributed by atoms with Crippen LogP contribution in [0.15, 0.2) is 107 Å². The van der Waals surface area contributed by atoms with Crippen molar-refractivity contribution in [3.05, 3.63) is 135 Å². The molecule has 0 N–H and O–H groups in total. The van der Waals surface area contributed by atoms with Crippen LogP contribution >= 0.6 is 11.8 Å². The number of carbonyl (C=O) groups is 1. The van der Waals surface area contributed by atoms with E-state index < -0.39 is 0 Å². The Morgan fingerprint density at radius 3 is 2.13 bits per heavy atom. The number of hydrogen-bond donors (Lipinski definition) is 0. The fourth-order valence-electron chi connectivity index (χ4n) is 4.57. The van der Waals surface area contributed by atoms with Crippen LogP contribution in [0.2, 0.25) is 0 Å². The molecule has 0 unspecified atom stereocenters. The lowest BCUT2D eigenvalue weighted by molar-refractivity contribution is 0.0785. The largest absolute Gasteiger partial charge is 0.337 e. The van der Waals surface area contributed by atoms with Crippen LogP contribution in [0, 0.1) is 13.8 Å². The minimum Gasteiger partial charge on any atom is -0.337 e. The molecule has 0 saturated heterocycles. The van der Waals surface area contributed by atoms with Gasteiger partial charge in [-0.15, -0.1) is 0 Å². The van der Waals surface area contributed by atoms with Gasteiger partial charge in [0, 0.05) is 24.9 Å². The van der Waals surface area contributed by atoms with Crippen molar-refractivity contribution in [3.8, 4) is 5.69 Å². The van der Waals surface area contributed by atoms with Gasteiger partial charge in [0.2, 0.25) is 0 Å². The number of thioether (sulfide) groups is 1. The zero-order chi connectivity index (χ0) is 26.6. The van der Waals surface area contributed by atoms with Crippen LogP contribution in [0.25, 0.3) is 16.6 Å². The summed E-state index contributed by atoms with van der Waals surface area (Å²) in [7, 11) is 1.78. The monoisotopic (exact) mass is 519 g/mol. The van der Waals surface area contributed by atoms with Crippen LogP contribution in [-0.2, 0) is 12.3 Å². The summed E-state index contributed by atoms with van der Waals surface area (Å²) in [5, 5.41) is 1.08. The van der Waals surface area contributed by atoms with Crippen molar-refractivity contribution in [2.45, 2.75) is 31.3 Å². The maximum atomic E-state index is 13.9. The van der Waals surface area contributed by atoms with Crippen molar-refractivity contribution in [2.24, 2.45) is 0 Å². The van der Waals surface area contributed by atoms with E-state index in [-0.39, 0.29) is 11.5 Å². The third-order valence-electron chi connectivity index (χ3n) is 6.37. The average Bonchev–Trinajstić information content (AvgIpc) is 2.91. The number of rotatable bonds is 7. The van der Waals surface area contributed by atoms with E-state index >= 15 is 0 Å². The van der Waals surface area contributed by atoms with Crippen molar-refractivity contribution in [1.82, 2.24) is 14.5 Å². The van der Waals surface area contributed by atoms with Crippen LogP contribution in [0.1, 0.15) is 32.6 Å². The number of fused-ring (bicyclic) bond motifs is 1. The van der Waals surface area contributed by atoms with E-state index in [0.29, 0.717) is 33.9 Å². The summed E-state index contributed by atoms with van der Waals surface area (Å²) in [5.41, 5.74) is 6.02. The zero-order valence-corrected chi connectivity index (χ0v) is 22.5. The molecule has 0 atom stereocenters. The van der Waals surface area contributed by atoms with Gasteiger partial charge in [0.05, 0.1) is 16.6 Å². The first-order valence-electron chi connectivity index (χ1n) is 12.5. The van der Waals surface area contributed by atoms with Gasteiger partial charge in [-0.05, 0) is 66.4 Å². The average molecular weight is 520 g/mol. The normalized spacial score (nSPS) is 11.0. The third-order valence-corrected chi connectivity index (χ3v) is 7.38. The first kappa shape index (κ1) is 25.5. The summed E-state index contributed by atoms with van der Waals surface area (Å²) >= 11 is 1.51. The van der Waals surface area contributed by atoms with Crippen LogP contribution in [0.5, 0.6) is 0 Å². The van der Waals surface area contributed by atoms with E-state index in [9.17, 15) is 9.59 Å². The molecule has 1 amide bonds. The first-order valence-corrected chi connectivity index (χ1v) is 13.5. The minimum atomic E-state index is -0.146. The van der Waals surface area contributed by atoms with Gasteiger partial charge in [-0.25, -0.2) is 4.98 Å². The number of aromatic nitrogens is 2. The Morgan fingerprint density at radius 2 is 1.47 bits per heavy atom. The highest BCUT2D eigenvalue weighted by Crippen LogP contribution is 2.26. The molecule has 1 heterocycles. The van der Waals surface area contributed by atoms with Gasteiger partial charge in [-0.1, -0.05) is 78.5 Å². The van der Waals surface area contributed by atoms with E-state index in [0.717, 1.165) is 27.9 Å². The molecular formula is C32H29N3O2S. The molecule has 0 aliphatic rings. The summed E-state index contributed by atoms with van der Waals surface area (Å²) in [6.07, 6.45) is 0. The van der Waals surface area contributed by atoms with Gasteiger partial charge in [-0.2, -0.15) is 0 Å². The first-order chi connectivity index (χ1) is 18.4. The summed E-state index contributed by atoms with van der Waals surface area (Å²) < 4.78 is 1.69. The zero-order valence-electron chi connectivity index (χ0n) is 21.7. The molecule has 0 spiro atoms. The second kappa shape index (κ2) is 11.1. The van der Waals surface area contributed by atoms with Crippen molar-refractivity contribution in [2.75, 3.05) is 7.05 Å². The van der Waals surface area contributed by atoms with Gasteiger partial charge in [0.1, 0.15) is 0 Å². The van der Waals surface area contributed by atoms with E-state index in [1.54, 1.807) is 34.7 Å². The molecule has 0 aliphatic heterocycles. The number of aryl methyl sites for hydroxylation is 2. The van der Waals surface area contributed by atoms with Crippen LogP contribution < -0.4 is 5.56 Å². The number of carbonyl (C=O) groups excluding carboxylic acids is 1. The second-order valence-electron chi connectivity index (χ2n) is 9.53. The van der Waals surface area contributed by atoms with Gasteiger partial charge in [0.15, 0.2) is 5.16 Å². The number of hydrogen-bond acceptors (Lipinski definition) is 4. The van der Waals surface area contributed by atoms with Crippen LogP contribution in [-0.4, -0.2) is 27.4 Å². The summed E-state index contributed by atoms with van der Waals surface area (Å²) in [6.45, 7) is 4.55. The minimum absolute atomic E-state index is 0.116. The molecule has 4 aromatic carbocycles. The Hall–Kier alpha value is -4.16. The fraction of sp³-hybridized carbons (Fsp3) is 0.156. The summed E-state index contributed by atoms with van der Waals surface area (Å²) in [6, 6.07) is 31.3. The Kier molecular flexibility index (Phi) is 7.43. The maximum absolute atomic E-state index is 13.9. The molecule has 5 rings (SSSR count). The van der Waals surface area contributed by atoms with Gasteiger partial charge < -0.3 is 4.90 Å². The molecule has 0 saturated carbocycles. The topological polar surface area (TPSA) is 55.2 Å². The molecule has 38 heavy (non-hydrogen) atoms. The van der Waals surface area contributed by atoms with Crippen LogP contribution in [0.4, 0.5) is 0 Å². The lowest BCUT2D eigenvalue weighted by Gasteiger charge is -2.18. The van der Waals surface area contributed by atoms with Gasteiger partial charge in [0.25, 0.3) is 11.5 Å². The Bertz CT molecular complexity index is 1640. The number of nitrogens with zero attached hydrogens (tertiary/aromatic N) is 3. The molecule has 6 heteroatoms. The number of benzene rings is 4. The van der Waals surface area contributed by atoms with E-state index in [1.165, 1.54) is 11.8 Å². The smallest absolute Gasteiger partial charge is 0.266 e. The molecular weight excluding hydrogens is 490 g/mol. The molecule has 0 bridgehead atoms. The quantitative estimate of drug-likeness (QED) is 0.180. The third kappa shape index (κ3) is 5.55. The SMILES string of the molecule is Cc1cc(C)cc(-n2c(SCc3ccccc3)nc3cc(C(=O)N(C)Cc4ccccc4)ccc3c2=O)c1. The summed E-state index contributed by atoms with van der Waals surface area (Å²) in [4.78, 5) is 33.7. The predicted molar refractivity (Wildman–Crippen MR) is 155 cm³/mol. The van der Waals surface area contributed by atoms with Crippen molar-refractivity contribution < 1.29 is 4.79 Å². The Morgan fingerprint density at radius 1 is 0.842 bits per heavy atom. The predicted octanol–water partition coefficient (Wildman–Crippen LogP) is 6.57. The van der Waals surface area contributed by atoms with E-state index in [1.807, 2.05) is 74.5 Å². The Balaban J connectivity index is 1.56. The molecule has 5 nitrogen and oxygen atoms in total. The Labute approximate surface area is 226 Å². The summed E-state index contributed by atoms with van der Waals surface area (Å²) in [5.74, 6) is 0.552. The lowest BCUT2D eigenvalue weighted by atomic mass is 10.1.